The first-order valence-corrected chi connectivity index (χ1v) is 5.38. The van der Waals surface area contributed by atoms with Gasteiger partial charge in [0.2, 0.25) is 0 Å². The minimum absolute atomic E-state index is 0.0957. The second-order valence-electron chi connectivity index (χ2n) is 4.34. The minimum atomic E-state index is -0.0957. The smallest absolute Gasteiger partial charge is 0.0711 e. The lowest BCUT2D eigenvalue weighted by Crippen LogP contribution is -2.30. The molecule has 1 nitrogen and oxygen atoms in total. The zero-order valence-electron chi connectivity index (χ0n) is 8.78. The van der Waals surface area contributed by atoms with Gasteiger partial charge in [-0.25, -0.2) is 0 Å². The molecule has 2 heteroatoms. The fraction of sp³-hybridized carbons (Fsp3) is 0.417. The number of hydrogen-bond acceptors (Lipinski definition) is 2. The molecule has 74 valence electrons. The SMILES string of the molecule is CC1=NC(C)(C)C(S)c2ccccc21. The lowest BCUT2D eigenvalue weighted by molar-refractivity contribution is 0.504. The maximum Gasteiger partial charge on any atom is 0.0711 e. The van der Waals surface area contributed by atoms with E-state index in [1.807, 2.05) is 0 Å². The number of thiol groups is 1. The third-order valence-corrected chi connectivity index (χ3v) is 3.68. The molecule has 0 aliphatic carbocycles. The number of rotatable bonds is 0. The van der Waals surface area contributed by atoms with Crippen molar-refractivity contribution in [2.24, 2.45) is 4.99 Å². The number of aliphatic imine (C=N–C) groups is 1. The van der Waals surface area contributed by atoms with E-state index in [-0.39, 0.29) is 10.8 Å². The van der Waals surface area contributed by atoms with Crippen LogP contribution in [0, 0.1) is 0 Å². The van der Waals surface area contributed by atoms with Gasteiger partial charge in [0.25, 0.3) is 0 Å². The zero-order chi connectivity index (χ0) is 10.3. The Hall–Kier alpha value is -0.760. The first-order chi connectivity index (χ1) is 6.52. The summed E-state index contributed by atoms with van der Waals surface area (Å²) < 4.78 is 0. The van der Waals surface area contributed by atoms with Crippen LogP contribution in [0.1, 0.15) is 37.1 Å². The van der Waals surface area contributed by atoms with Crippen molar-refractivity contribution in [1.29, 1.82) is 0 Å². The molecule has 1 unspecified atom stereocenters. The molecule has 0 bridgehead atoms. The number of benzene rings is 1. The van der Waals surface area contributed by atoms with Gasteiger partial charge in [0.15, 0.2) is 0 Å². The van der Waals surface area contributed by atoms with Crippen molar-refractivity contribution in [1.82, 2.24) is 0 Å². The molecule has 0 amide bonds. The van der Waals surface area contributed by atoms with Gasteiger partial charge in [0.05, 0.1) is 10.8 Å². The summed E-state index contributed by atoms with van der Waals surface area (Å²) in [7, 11) is 0. The maximum atomic E-state index is 4.68. The monoisotopic (exact) mass is 205 g/mol. The van der Waals surface area contributed by atoms with Crippen molar-refractivity contribution < 1.29 is 0 Å². The zero-order valence-corrected chi connectivity index (χ0v) is 9.68. The van der Waals surface area contributed by atoms with Crippen LogP contribution in [0.3, 0.4) is 0 Å². The summed E-state index contributed by atoms with van der Waals surface area (Å²) >= 11 is 4.65. The summed E-state index contributed by atoms with van der Waals surface area (Å²) in [5.41, 5.74) is 3.57. The summed E-state index contributed by atoms with van der Waals surface area (Å²) in [6, 6.07) is 8.38. The standard InChI is InChI=1S/C12H15NS/c1-8-9-6-4-5-7-10(9)11(14)12(2,3)13-8/h4-7,11,14H,1-3H3. The van der Waals surface area contributed by atoms with Gasteiger partial charge < -0.3 is 0 Å². The molecule has 1 aliphatic heterocycles. The fourth-order valence-corrected chi connectivity index (χ4v) is 2.28. The van der Waals surface area contributed by atoms with Gasteiger partial charge >= 0.3 is 0 Å². The molecule has 0 spiro atoms. The van der Waals surface area contributed by atoms with E-state index in [9.17, 15) is 0 Å². The summed E-state index contributed by atoms with van der Waals surface area (Å²) in [6.07, 6.45) is 0. The summed E-state index contributed by atoms with van der Waals surface area (Å²) in [5.74, 6) is 0. The molecule has 0 N–H and O–H groups in total. The third-order valence-electron chi connectivity index (χ3n) is 2.77. The van der Waals surface area contributed by atoms with Gasteiger partial charge in [-0.3, -0.25) is 4.99 Å². The van der Waals surface area contributed by atoms with Gasteiger partial charge in [0, 0.05) is 5.71 Å². The van der Waals surface area contributed by atoms with E-state index in [0.717, 1.165) is 5.71 Å². The molecule has 0 fully saturated rings. The van der Waals surface area contributed by atoms with Crippen LogP contribution in [0.25, 0.3) is 0 Å². The lowest BCUT2D eigenvalue weighted by Gasteiger charge is -2.33. The Kier molecular flexibility index (Phi) is 2.18. The number of nitrogens with zero attached hydrogens (tertiary/aromatic N) is 1. The normalized spacial score (nSPS) is 24.0. The van der Waals surface area contributed by atoms with Crippen LogP contribution in [0.4, 0.5) is 0 Å². The average Bonchev–Trinajstić information content (AvgIpc) is 2.14. The molecule has 1 atom stereocenters. The van der Waals surface area contributed by atoms with Gasteiger partial charge in [-0.05, 0) is 31.9 Å². The number of fused-ring (bicyclic) bond motifs is 1. The minimum Gasteiger partial charge on any atom is -0.282 e. The average molecular weight is 205 g/mol. The second-order valence-corrected chi connectivity index (χ2v) is 4.86. The van der Waals surface area contributed by atoms with E-state index < -0.39 is 0 Å². The molecule has 1 aromatic carbocycles. The van der Waals surface area contributed by atoms with Gasteiger partial charge in [-0.15, -0.1) is 0 Å². The van der Waals surface area contributed by atoms with E-state index in [4.69, 9.17) is 0 Å². The van der Waals surface area contributed by atoms with Crippen LogP contribution >= 0.6 is 12.6 Å². The molecular weight excluding hydrogens is 190 g/mol. The first-order valence-electron chi connectivity index (χ1n) is 4.86. The predicted octanol–water partition coefficient (Wildman–Crippen LogP) is 3.26. The van der Waals surface area contributed by atoms with Crippen LogP contribution in [-0.4, -0.2) is 11.3 Å². The Labute approximate surface area is 90.7 Å². The van der Waals surface area contributed by atoms with Gasteiger partial charge in [0.1, 0.15) is 0 Å². The van der Waals surface area contributed by atoms with E-state index in [1.54, 1.807) is 0 Å². The largest absolute Gasteiger partial charge is 0.282 e. The lowest BCUT2D eigenvalue weighted by atomic mass is 9.87. The van der Waals surface area contributed by atoms with Crippen LogP contribution in [-0.2, 0) is 0 Å². The van der Waals surface area contributed by atoms with Crippen molar-refractivity contribution in [2.75, 3.05) is 0 Å². The second kappa shape index (κ2) is 3.13. The summed E-state index contributed by atoms with van der Waals surface area (Å²) in [4.78, 5) is 4.68. The van der Waals surface area contributed by atoms with Crippen molar-refractivity contribution >= 4 is 18.3 Å². The predicted molar refractivity (Wildman–Crippen MR) is 64.5 cm³/mol. The number of hydrogen-bond donors (Lipinski definition) is 1. The molecule has 2 rings (SSSR count). The highest BCUT2D eigenvalue weighted by Gasteiger charge is 2.32. The first kappa shape index (κ1) is 9.78. The van der Waals surface area contributed by atoms with E-state index in [2.05, 4.69) is 62.7 Å². The molecule has 0 saturated carbocycles. The van der Waals surface area contributed by atoms with E-state index in [0.29, 0.717) is 0 Å². The van der Waals surface area contributed by atoms with Gasteiger partial charge in [-0.1, -0.05) is 24.3 Å². The van der Waals surface area contributed by atoms with Crippen LogP contribution in [0.15, 0.2) is 29.3 Å². The fourth-order valence-electron chi connectivity index (χ4n) is 2.00. The highest BCUT2D eigenvalue weighted by atomic mass is 32.1. The van der Waals surface area contributed by atoms with Crippen molar-refractivity contribution in [3.63, 3.8) is 0 Å². The molecule has 1 aliphatic rings. The van der Waals surface area contributed by atoms with Crippen LogP contribution < -0.4 is 0 Å². The molecule has 14 heavy (non-hydrogen) atoms. The van der Waals surface area contributed by atoms with Crippen LogP contribution in [0.2, 0.25) is 0 Å². The quantitative estimate of drug-likeness (QED) is 0.624. The Bertz CT molecular complexity index is 393. The summed E-state index contributed by atoms with van der Waals surface area (Å²) in [6.45, 7) is 6.33. The maximum absolute atomic E-state index is 4.68. The Morgan fingerprint density at radius 1 is 1.29 bits per heavy atom. The highest BCUT2D eigenvalue weighted by Crippen LogP contribution is 2.40. The molecule has 1 heterocycles. The van der Waals surface area contributed by atoms with Gasteiger partial charge in [-0.2, -0.15) is 12.6 Å². The van der Waals surface area contributed by atoms with E-state index in [1.165, 1.54) is 11.1 Å². The van der Waals surface area contributed by atoms with Crippen molar-refractivity contribution in [2.45, 2.75) is 31.6 Å². The molecule has 0 radical (unpaired) electrons. The van der Waals surface area contributed by atoms with E-state index >= 15 is 0 Å². The molecule has 0 aromatic heterocycles. The van der Waals surface area contributed by atoms with Crippen molar-refractivity contribution in [3.8, 4) is 0 Å². The Balaban J connectivity index is 2.63. The summed E-state index contributed by atoms with van der Waals surface area (Å²) in [5, 5.41) is 0.197. The molecule has 0 saturated heterocycles. The topological polar surface area (TPSA) is 12.4 Å². The van der Waals surface area contributed by atoms with Crippen molar-refractivity contribution in [3.05, 3.63) is 35.4 Å². The molecule has 1 aromatic rings. The third kappa shape index (κ3) is 1.38. The molecular formula is C12H15NS. The highest BCUT2D eigenvalue weighted by molar-refractivity contribution is 7.80. The Morgan fingerprint density at radius 2 is 1.93 bits per heavy atom. The Morgan fingerprint density at radius 3 is 2.64 bits per heavy atom. The van der Waals surface area contributed by atoms with Crippen LogP contribution in [0.5, 0.6) is 0 Å².